The van der Waals surface area contributed by atoms with Crippen LogP contribution in [0.2, 0.25) is 0 Å². The lowest BCUT2D eigenvalue weighted by molar-refractivity contribution is 1.21. The van der Waals surface area contributed by atoms with Crippen LogP contribution in [-0.4, -0.2) is 17.0 Å². The van der Waals surface area contributed by atoms with Crippen molar-refractivity contribution in [1.82, 2.24) is 0 Å². The van der Waals surface area contributed by atoms with E-state index in [1.54, 1.807) is 0 Å². The van der Waals surface area contributed by atoms with E-state index < -0.39 is 17.0 Å². The molecule has 0 rings (SSSR count). The van der Waals surface area contributed by atoms with Gasteiger partial charge in [0.25, 0.3) is 0 Å². The molecule has 0 saturated heterocycles. The lowest BCUT2D eigenvalue weighted by atomic mass is 10.9. The van der Waals surface area contributed by atoms with Crippen molar-refractivity contribution in [2.75, 3.05) is 0 Å². The Labute approximate surface area is 139 Å². The minimum atomic E-state index is -1.55. The van der Waals surface area contributed by atoms with E-state index in [1.165, 1.54) is 9.83 Å². The first-order chi connectivity index (χ1) is 6.55. The highest BCUT2D eigenvalue weighted by Gasteiger charge is 2.34. The number of hydrogen-bond donors (Lipinski definition) is 0. The van der Waals surface area contributed by atoms with Crippen molar-refractivity contribution >= 4 is 124 Å². The van der Waals surface area contributed by atoms with Crippen molar-refractivity contribution < 1.29 is 0 Å². The molecule has 0 fully saturated rings. The summed E-state index contributed by atoms with van der Waals surface area (Å²) < 4.78 is -4.55. The molecule has 0 radical (unpaired) electrons. The van der Waals surface area contributed by atoms with Gasteiger partial charge in [0.2, 0.25) is 7.59 Å². The molecule has 0 nitrogen and oxygen atoms in total. The second kappa shape index (κ2) is 7.84. The maximum absolute atomic E-state index is 5.75. The summed E-state index contributed by atoms with van der Waals surface area (Å²) >= 11 is 44.7. The number of alkyl halides is 8. The molecule has 0 spiro atoms. The minimum Gasteiger partial charge on any atom is -0.105 e. The summed E-state index contributed by atoms with van der Waals surface area (Å²) in [7, 11) is 3.42. The van der Waals surface area contributed by atoms with E-state index in [-0.39, 0.29) is 0 Å². The molecular formula is C4H2Cl8S3. The highest BCUT2D eigenvalue weighted by atomic mass is 35.6. The molecule has 0 bridgehead atoms. The van der Waals surface area contributed by atoms with Gasteiger partial charge in [-0.05, 0) is 9.83 Å². The van der Waals surface area contributed by atoms with Crippen LogP contribution in [0.3, 0.4) is 0 Å². The fourth-order valence-corrected chi connectivity index (χ4v) is 7.02. The minimum absolute atomic E-state index is 0.723. The van der Waals surface area contributed by atoms with Crippen LogP contribution in [0, 0.1) is 0 Å². The number of rotatable bonds is 4. The van der Waals surface area contributed by atoms with E-state index in [4.69, 9.17) is 92.8 Å². The molecule has 0 aromatic carbocycles. The molecule has 92 valence electrons. The standard InChI is InChI=1S/C4H2Cl8S3/c5-1(3(7,8)9)13-15-14-2(6)4(10,11)12/h1-2H. The quantitative estimate of drug-likeness (QED) is 0.353. The zero-order chi connectivity index (χ0) is 12.3. The van der Waals surface area contributed by atoms with Gasteiger partial charge in [-0.2, -0.15) is 0 Å². The van der Waals surface area contributed by atoms with E-state index >= 15 is 0 Å². The summed E-state index contributed by atoms with van der Waals surface area (Å²) in [5.74, 6) is 0. The van der Waals surface area contributed by atoms with E-state index in [0.717, 1.165) is 21.6 Å². The summed E-state index contributed by atoms with van der Waals surface area (Å²) in [4.78, 5) is 0. The van der Waals surface area contributed by atoms with Crippen molar-refractivity contribution in [2.45, 2.75) is 17.0 Å². The monoisotopic (exact) mass is 426 g/mol. The van der Waals surface area contributed by atoms with Gasteiger partial charge >= 0.3 is 0 Å². The molecule has 2 atom stereocenters. The van der Waals surface area contributed by atoms with Gasteiger partial charge < -0.3 is 0 Å². The van der Waals surface area contributed by atoms with Crippen molar-refractivity contribution in [3.05, 3.63) is 0 Å². The number of hydrogen-bond acceptors (Lipinski definition) is 3. The van der Waals surface area contributed by atoms with Crippen molar-refractivity contribution in [3.63, 3.8) is 0 Å². The van der Waals surface area contributed by atoms with Crippen LogP contribution in [0.4, 0.5) is 0 Å². The Morgan fingerprint density at radius 1 is 0.667 bits per heavy atom. The number of halogens is 8. The Morgan fingerprint density at radius 2 is 0.933 bits per heavy atom. The average Bonchev–Trinajstić information content (AvgIpc) is 2.00. The Hall–Kier alpha value is 3.37. The van der Waals surface area contributed by atoms with Gasteiger partial charge in [-0.25, -0.2) is 0 Å². The van der Waals surface area contributed by atoms with Crippen LogP contribution in [0.15, 0.2) is 0 Å². The first-order valence-corrected chi connectivity index (χ1v) is 9.70. The predicted molar refractivity (Wildman–Crippen MR) is 82.6 cm³/mol. The summed E-state index contributed by atoms with van der Waals surface area (Å²) in [6.07, 6.45) is 0. The molecule has 11 heteroatoms. The third-order valence-electron chi connectivity index (χ3n) is 0.762. The zero-order valence-corrected chi connectivity index (χ0v) is 14.9. The molecule has 0 saturated carbocycles. The maximum Gasteiger partial charge on any atom is 0.216 e. The smallest absolute Gasteiger partial charge is 0.105 e. The fraction of sp³-hybridized carbons (Fsp3) is 1.00. The van der Waals surface area contributed by atoms with E-state index in [1.807, 2.05) is 0 Å². The molecule has 0 aliphatic heterocycles. The highest BCUT2D eigenvalue weighted by molar-refractivity contribution is 9.09. The van der Waals surface area contributed by atoms with Crippen LogP contribution < -0.4 is 0 Å². The summed E-state index contributed by atoms with van der Waals surface area (Å²) in [6, 6.07) is 0. The Morgan fingerprint density at radius 3 is 1.13 bits per heavy atom. The van der Waals surface area contributed by atoms with Gasteiger partial charge in [0.1, 0.15) is 9.42 Å². The van der Waals surface area contributed by atoms with E-state index in [9.17, 15) is 0 Å². The molecule has 0 amide bonds. The van der Waals surface area contributed by atoms with Gasteiger partial charge in [0.15, 0.2) is 0 Å². The second-order valence-corrected chi connectivity index (χ2v) is 12.4. The first-order valence-electron chi connectivity index (χ1n) is 2.95. The van der Waals surface area contributed by atoms with Crippen LogP contribution in [-0.2, 0) is 0 Å². The van der Waals surface area contributed by atoms with Gasteiger partial charge in [0.05, 0.1) is 0 Å². The Balaban J connectivity index is 3.81. The summed E-state index contributed by atoms with van der Waals surface area (Å²) in [5.41, 5.74) is 0. The SMILES string of the molecule is ClC(SSSC(Cl)C(Cl)(Cl)Cl)C(Cl)(Cl)Cl. The largest absolute Gasteiger partial charge is 0.216 e. The van der Waals surface area contributed by atoms with Crippen molar-refractivity contribution in [3.8, 4) is 0 Å². The molecule has 2 unspecified atom stereocenters. The molecule has 0 heterocycles. The lowest BCUT2D eigenvalue weighted by Gasteiger charge is -2.19. The van der Waals surface area contributed by atoms with Gasteiger partial charge in [-0.3, -0.25) is 0 Å². The topological polar surface area (TPSA) is 0 Å². The predicted octanol–water partition coefficient (Wildman–Crippen LogP) is 6.89. The van der Waals surface area contributed by atoms with Crippen LogP contribution >= 0.6 is 124 Å². The summed E-state index contributed by atoms with van der Waals surface area (Å²) in [6.45, 7) is 0. The van der Waals surface area contributed by atoms with Crippen molar-refractivity contribution in [1.29, 1.82) is 0 Å². The second-order valence-electron chi connectivity index (χ2n) is 1.98. The molecule has 0 N–H and O–H groups in total. The first kappa shape index (κ1) is 18.4. The van der Waals surface area contributed by atoms with Gasteiger partial charge in [-0.1, -0.05) is 91.2 Å². The van der Waals surface area contributed by atoms with Crippen LogP contribution in [0.5, 0.6) is 0 Å². The molecule has 0 aromatic rings. The van der Waals surface area contributed by atoms with Gasteiger partial charge in [-0.15, -0.1) is 23.2 Å². The molecule has 15 heavy (non-hydrogen) atoms. The highest BCUT2D eigenvalue weighted by Crippen LogP contribution is 2.53. The normalized spacial score (nSPS) is 17.6. The third-order valence-corrected chi connectivity index (χ3v) is 9.58. The summed E-state index contributed by atoms with van der Waals surface area (Å²) in [5, 5.41) is 0. The van der Waals surface area contributed by atoms with Crippen LogP contribution in [0.25, 0.3) is 0 Å². The fourth-order valence-electron chi connectivity index (χ4n) is 0.201. The molecule has 0 aliphatic rings. The van der Waals surface area contributed by atoms with E-state index in [0.29, 0.717) is 0 Å². The Kier molecular flexibility index (Phi) is 9.60. The Bertz CT molecular complexity index is 167. The van der Waals surface area contributed by atoms with Crippen LogP contribution in [0.1, 0.15) is 0 Å². The lowest BCUT2D eigenvalue weighted by Crippen LogP contribution is -2.15. The molecular weight excluding hydrogens is 428 g/mol. The van der Waals surface area contributed by atoms with Gasteiger partial charge in [0, 0.05) is 0 Å². The average molecular weight is 430 g/mol. The molecule has 0 aromatic heterocycles. The maximum atomic E-state index is 5.75. The van der Waals surface area contributed by atoms with E-state index in [2.05, 4.69) is 0 Å². The zero-order valence-electron chi connectivity index (χ0n) is 6.40. The molecule has 0 aliphatic carbocycles. The van der Waals surface area contributed by atoms with Crippen molar-refractivity contribution in [2.24, 2.45) is 0 Å². The third kappa shape index (κ3) is 8.99.